The van der Waals surface area contributed by atoms with Crippen LogP contribution < -0.4 is 0 Å². The first kappa shape index (κ1) is 12.5. The lowest BCUT2D eigenvalue weighted by Gasteiger charge is -2.17. The van der Waals surface area contributed by atoms with Gasteiger partial charge in [-0.25, -0.2) is 0 Å². The van der Waals surface area contributed by atoms with Crippen molar-refractivity contribution >= 4 is 11.9 Å². The number of carbonyl (C=O) groups excluding carboxylic acids is 2. The van der Waals surface area contributed by atoms with Gasteiger partial charge in [-0.15, -0.1) is 12.3 Å². The number of esters is 1. The first-order valence-corrected chi connectivity index (χ1v) is 4.35. The molecule has 0 aromatic carbocycles. The van der Waals surface area contributed by atoms with Crippen molar-refractivity contribution in [2.45, 2.75) is 13.3 Å². The molecular weight excluding hydrogens is 182 g/mol. The molecule has 0 saturated carbocycles. The highest BCUT2D eigenvalue weighted by Gasteiger charge is 2.28. The van der Waals surface area contributed by atoms with Gasteiger partial charge in [-0.05, 0) is 6.92 Å². The Bertz CT molecular complexity index is 253. The third-order valence-electron chi connectivity index (χ3n) is 1.63. The third-order valence-corrected chi connectivity index (χ3v) is 1.63. The number of carbonyl (C=O) groups is 2. The quantitative estimate of drug-likeness (QED) is 0.369. The van der Waals surface area contributed by atoms with Gasteiger partial charge >= 0.3 is 5.97 Å². The Hall–Kier alpha value is -1.50. The summed E-state index contributed by atoms with van der Waals surface area (Å²) in [6.45, 7) is 1.94. The molecule has 0 saturated heterocycles. The fraction of sp³-hybridized carbons (Fsp3) is 0.600. The van der Waals surface area contributed by atoms with Crippen molar-refractivity contribution < 1.29 is 14.3 Å². The van der Waals surface area contributed by atoms with Gasteiger partial charge in [-0.2, -0.15) is 0 Å². The second-order valence-electron chi connectivity index (χ2n) is 2.95. The van der Waals surface area contributed by atoms with E-state index in [4.69, 9.17) is 11.2 Å². The highest BCUT2D eigenvalue weighted by molar-refractivity contribution is 5.97. The van der Waals surface area contributed by atoms with Gasteiger partial charge in [0.25, 0.3) is 0 Å². The molecule has 0 heterocycles. The van der Waals surface area contributed by atoms with Gasteiger partial charge in [0.2, 0.25) is 5.91 Å². The molecule has 4 heteroatoms. The highest BCUT2D eigenvalue weighted by atomic mass is 16.5. The molecule has 1 unspecified atom stereocenters. The van der Waals surface area contributed by atoms with Crippen LogP contribution in [0.15, 0.2) is 0 Å². The minimum Gasteiger partial charge on any atom is -0.465 e. The summed E-state index contributed by atoms with van der Waals surface area (Å²) in [4.78, 5) is 24.1. The number of nitrogens with zero attached hydrogens (tertiary/aromatic N) is 1. The van der Waals surface area contributed by atoms with Crippen molar-refractivity contribution in [3.05, 3.63) is 0 Å². The summed E-state index contributed by atoms with van der Waals surface area (Å²) in [7, 11) is 3.15. The fourth-order valence-electron chi connectivity index (χ4n) is 0.944. The van der Waals surface area contributed by atoms with E-state index < -0.39 is 11.9 Å². The summed E-state index contributed by atoms with van der Waals surface area (Å²) in [5, 5.41) is 0. The molecule has 0 radical (unpaired) electrons. The number of rotatable bonds is 4. The van der Waals surface area contributed by atoms with Crippen LogP contribution in [0.25, 0.3) is 0 Å². The molecule has 0 bridgehead atoms. The van der Waals surface area contributed by atoms with E-state index in [2.05, 4.69) is 5.92 Å². The largest absolute Gasteiger partial charge is 0.465 e. The number of hydrogen-bond donors (Lipinski definition) is 0. The Labute approximate surface area is 84.2 Å². The van der Waals surface area contributed by atoms with Crippen molar-refractivity contribution in [1.29, 1.82) is 0 Å². The van der Waals surface area contributed by atoms with Crippen LogP contribution in [-0.2, 0) is 14.3 Å². The Morgan fingerprint density at radius 2 is 2.07 bits per heavy atom. The number of ether oxygens (including phenoxy) is 1. The van der Waals surface area contributed by atoms with Crippen LogP contribution in [0.1, 0.15) is 13.3 Å². The Kier molecular flexibility index (Phi) is 5.38. The zero-order valence-corrected chi connectivity index (χ0v) is 8.74. The molecule has 0 spiro atoms. The number of terminal acetylenes is 1. The average molecular weight is 197 g/mol. The summed E-state index contributed by atoms with van der Waals surface area (Å²) in [5.74, 6) is 0.559. The summed E-state index contributed by atoms with van der Waals surface area (Å²) in [6, 6.07) is 0. The standard InChI is InChI=1S/C10H15NO3/c1-5-7-8(9(12)11(3)4)10(13)14-6-2/h1,8H,6-7H2,2-4H3. The molecule has 0 N–H and O–H groups in total. The molecule has 0 aliphatic rings. The average Bonchev–Trinajstić information content (AvgIpc) is 2.13. The van der Waals surface area contributed by atoms with Gasteiger partial charge in [0.15, 0.2) is 0 Å². The third kappa shape index (κ3) is 3.48. The molecule has 0 fully saturated rings. The van der Waals surface area contributed by atoms with Gasteiger partial charge < -0.3 is 9.64 Å². The fourth-order valence-corrected chi connectivity index (χ4v) is 0.944. The minimum absolute atomic E-state index is 0.0792. The van der Waals surface area contributed by atoms with E-state index in [1.54, 1.807) is 21.0 Å². The molecule has 0 aliphatic heterocycles. The maximum atomic E-state index is 11.5. The van der Waals surface area contributed by atoms with E-state index in [1.807, 2.05) is 0 Å². The zero-order chi connectivity index (χ0) is 11.1. The summed E-state index contributed by atoms with van der Waals surface area (Å²) < 4.78 is 4.75. The van der Waals surface area contributed by atoms with Crippen LogP contribution in [0.2, 0.25) is 0 Å². The van der Waals surface area contributed by atoms with Crippen LogP contribution in [0.3, 0.4) is 0 Å². The van der Waals surface area contributed by atoms with Crippen molar-refractivity contribution in [1.82, 2.24) is 4.90 Å². The van der Waals surface area contributed by atoms with E-state index in [0.717, 1.165) is 0 Å². The summed E-state index contributed by atoms with van der Waals surface area (Å²) >= 11 is 0. The molecule has 0 rings (SSSR count). The van der Waals surface area contributed by atoms with Crippen molar-refractivity contribution in [3.8, 4) is 12.3 Å². The van der Waals surface area contributed by atoms with Crippen LogP contribution in [0, 0.1) is 18.3 Å². The Morgan fingerprint density at radius 3 is 2.43 bits per heavy atom. The van der Waals surface area contributed by atoms with E-state index >= 15 is 0 Å². The summed E-state index contributed by atoms with van der Waals surface area (Å²) in [6.07, 6.45) is 5.15. The van der Waals surface area contributed by atoms with Gasteiger partial charge in [0.1, 0.15) is 5.92 Å². The molecule has 1 atom stereocenters. The number of hydrogen-bond acceptors (Lipinski definition) is 3. The summed E-state index contributed by atoms with van der Waals surface area (Å²) in [5.41, 5.74) is 0. The van der Waals surface area contributed by atoms with Crippen molar-refractivity contribution in [2.24, 2.45) is 5.92 Å². The van der Waals surface area contributed by atoms with Gasteiger partial charge in [-0.3, -0.25) is 9.59 Å². The predicted molar refractivity (Wildman–Crippen MR) is 52.3 cm³/mol. The van der Waals surface area contributed by atoms with E-state index in [1.165, 1.54) is 4.90 Å². The molecule has 0 aromatic rings. The van der Waals surface area contributed by atoms with Crippen LogP contribution >= 0.6 is 0 Å². The molecule has 78 valence electrons. The Balaban J connectivity index is 4.52. The van der Waals surface area contributed by atoms with Crippen LogP contribution in [-0.4, -0.2) is 37.5 Å². The van der Waals surface area contributed by atoms with E-state index in [9.17, 15) is 9.59 Å². The molecule has 0 aliphatic carbocycles. The van der Waals surface area contributed by atoms with E-state index in [0.29, 0.717) is 0 Å². The normalized spacial score (nSPS) is 11.3. The lowest BCUT2D eigenvalue weighted by atomic mass is 10.1. The first-order chi connectivity index (χ1) is 6.54. The molecule has 1 amide bonds. The van der Waals surface area contributed by atoms with Crippen LogP contribution in [0.4, 0.5) is 0 Å². The Morgan fingerprint density at radius 1 is 1.50 bits per heavy atom. The maximum absolute atomic E-state index is 11.5. The highest BCUT2D eigenvalue weighted by Crippen LogP contribution is 2.08. The molecule has 14 heavy (non-hydrogen) atoms. The maximum Gasteiger partial charge on any atom is 0.319 e. The lowest BCUT2D eigenvalue weighted by molar-refractivity contribution is -0.154. The molecular formula is C10H15NO3. The van der Waals surface area contributed by atoms with Gasteiger partial charge in [0, 0.05) is 20.5 Å². The minimum atomic E-state index is -0.866. The molecule has 0 aromatic heterocycles. The van der Waals surface area contributed by atoms with Crippen molar-refractivity contribution in [3.63, 3.8) is 0 Å². The van der Waals surface area contributed by atoms with Gasteiger partial charge in [0.05, 0.1) is 6.61 Å². The number of amides is 1. The van der Waals surface area contributed by atoms with Crippen LogP contribution in [0.5, 0.6) is 0 Å². The first-order valence-electron chi connectivity index (χ1n) is 4.35. The zero-order valence-electron chi connectivity index (χ0n) is 8.74. The monoisotopic (exact) mass is 197 g/mol. The predicted octanol–water partition coefficient (Wildman–Crippen LogP) is 0.277. The SMILES string of the molecule is C#CCC(C(=O)OCC)C(=O)N(C)C. The van der Waals surface area contributed by atoms with Crippen molar-refractivity contribution in [2.75, 3.05) is 20.7 Å². The molecule has 4 nitrogen and oxygen atoms in total. The van der Waals surface area contributed by atoms with Gasteiger partial charge in [-0.1, -0.05) is 0 Å². The smallest absolute Gasteiger partial charge is 0.319 e. The topological polar surface area (TPSA) is 46.6 Å². The second-order valence-corrected chi connectivity index (χ2v) is 2.95. The van der Waals surface area contributed by atoms with E-state index in [-0.39, 0.29) is 18.9 Å². The second kappa shape index (κ2) is 6.03. The lowest BCUT2D eigenvalue weighted by Crippen LogP contribution is -2.35.